The summed E-state index contributed by atoms with van der Waals surface area (Å²) in [5, 5.41) is 0.800. The molecule has 0 heterocycles. The van der Waals surface area contributed by atoms with E-state index in [4.69, 9.17) is 4.74 Å². The highest BCUT2D eigenvalue weighted by Gasteiger charge is 2.13. The summed E-state index contributed by atoms with van der Waals surface area (Å²) in [6, 6.07) is -0.0121. The van der Waals surface area contributed by atoms with Crippen molar-refractivity contribution in [2.24, 2.45) is 0 Å². The fourth-order valence-corrected chi connectivity index (χ4v) is 3.01. The second kappa shape index (κ2) is 7.62. The number of hydrogen-bond acceptors (Lipinski definition) is 3. The van der Waals surface area contributed by atoms with Gasteiger partial charge in [0.2, 0.25) is 10.0 Å². The molecule has 86 valence electrons. The van der Waals surface area contributed by atoms with Crippen LogP contribution in [0.2, 0.25) is 0 Å². The van der Waals surface area contributed by atoms with Gasteiger partial charge in [-0.1, -0.05) is 15.9 Å². The van der Waals surface area contributed by atoms with E-state index in [2.05, 4.69) is 20.7 Å². The van der Waals surface area contributed by atoms with E-state index >= 15 is 0 Å². The van der Waals surface area contributed by atoms with Crippen molar-refractivity contribution in [2.45, 2.75) is 25.8 Å². The van der Waals surface area contributed by atoms with Gasteiger partial charge in [-0.15, -0.1) is 0 Å². The standard InChI is InChI=1S/C8H18BrNO3S/c1-8(4-5-9)10-14(11,12)7-3-6-13-2/h8,10H,3-7H2,1-2H3. The topological polar surface area (TPSA) is 55.4 Å². The normalized spacial score (nSPS) is 14.2. The average molecular weight is 288 g/mol. The predicted octanol–water partition coefficient (Wildman–Crippen LogP) is 1.12. The number of alkyl halides is 1. The molecule has 14 heavy (non-hydrogen) atoms. The summed E-state index contributed by atoms with van der Waals surface area (Å²) in [5.74, 6) is 0.132. The Balaban J connectivity index is 3.82. The third-order valence-corrected chi connectivity index (χ3v) is 3.73. The summed E-state index contributed by atoms with van der Waals surface area (Å²) >= 11 is 3.27. The van der Waals surface area contributed by atoms with Gasteiger partial charge >= 0.3 is 0 Å². The number of halogens is 1. The first-order chi connectivity index (χ1) is 6.52. The molecule has 0 rings (SSSR count). The molecule has 6 heteroatoms. The molecular weight excluding hydrogens is 270 g/mol. The number of rotatable bonds is 8. The summed E-state index contributed by atoms with van der Waals surface area (Å²) in [7, 11) is -1.56. The molecule has 0 aromatic rings. The second-order valence-corrected chi connectivity index (χ2v) is 5.83. The van der Waals surface area contributed by atoms with Gasteiger partial charge in [0.15, 0.2) is 0 Å². The molecule has 0 aliphatic rings. The highest BCUT2D eigenvalue weighted by molar-refractivity contribution is 9.09. The number of sulfonamides is 1. The first-order valence-electron chi connectivity index (χ1n) is 4.56. The van der Waals surface area contributed by atoms with E-state index in [0.29, 0.717) is 13.0 Å². The Morgan fingerprint density at radius 1 is 1.50 bits per heavy atom. The van der Waals surface area contributed by atoms with Crippen molar-refractivity contribution in [1.82, 2.24) is 4.72 Å². The maximum absolute atomic E-state index is 11.4. The maximum Gasteiger partial charge on any atom is 0.211 e. The molecule has 0 amide bonds. The zero-order valence-corrected chi connectivity index (χ0v) is 11.0. The summed E-state index contributed by atoms with van der Waals surface area (Å²) in [4.78, 5) is 0. The largest absolute Gasteiger partial charge is 0.385 e. The summed E-state index contributed by atoms with van der Waals surface area (Å²) in [6.07, 6.45) is 1.33. The molecule has 1 N–H and O–H groups in total. The number of ether oxygens (including phenoxy) is 1. The van der Waals surface area contributed by atoms with E-state index in [1.807, 2.05) is 6.92 Å². The van der Waals surface area contributed by atoms with Gasteiger partial charge < -0.3 is 4.74 Å². The van der Waals surface area contributed by atoms with Gasteiger partial charge in [0, 0.05) is 25.1 Å². The summed E-state index contributed by atoms with van der Waals surface area (Å²) in [6.45, 7) is 2.34. The SMILES string of the molecule is COCCCS(=O)(=O)NC(C)CCBr. The van der Waals surface area contributed by atoms with Crippen LogP contribution in [0.15, 0.2) is 0 Å². The lowest BCUT2D eigenvalue weighted by molar-refractivity contribution is 0.199. The van der Waals surface area contributed by atoms with Crippen molar-refractivity contribution in [3.05, 3.63) is 0 Å². The van der Waals surface area contributed by atoms with Crippen LogP contribution in [0.5, 0.6) is 0 Å². The molecular formula is C8H18BrNO3S. The summed E-state index contributed by atoms with van der Waals surface area (Å²) in [5.41, 5.74) is 0. The Morgan fingerprint density at radius 3 is 2.64 bits per heavy atom. The first-order valence-corrected chi connectivity index (χ1v) is 7.34. The third kappa shape index (κ3) is 7.73. The van der Waals surface area contributed by atoms with Gasteiger partial charge in [0.1, 0.15) is 0 Å². The van der Waals surface area contributed by atoms with Crippen LogP contribution in [0.25, 0.3) is 0 Å². The molecule has 1 unspecified atom stereocenters. The minimum absolute atomic E-state index is 0.0121. The molecule has 1 atom stereocenters. The van der Waals surface area contributed by atoms with Crippen LogP contribution in [-0.4, -0.2) is 39.3 Å². The fraction of sp³-hybridized carbons (Fsp3) is 1.00. The number of methoxy groups -OCH3 is 1. The van der Waals surface area contributed by atoms with Gasteiger partial charge in [-0.25, -0.2) is 13.1 Å². The minimum Gasteiger partial charge on any atom is -0.385 e. The Labute approximate surface area is 94.6 Å². The van der Waals surface area contributed by atoms with Crippen molar-refractivity contribution in [3.63, 3.8) is 0 Å². The maximum atomic E-state index is 11.4. The van der Waals surface area contributed by atoms with Crippen molar-refractivity contribution in [3.8, 4) is 0 Å². The monoisotopic (exact) mass is 287 g/mol. The fourth-order valence-electron chi connectivity index (χ4n) is 0.981. The van der Waals surface area contributed by atoms with E-state index in [-0.39, 0.29) is 11.8 Å². The lowest BCUT2D eigenvalue weighted by atomic mass is 10.3. The van der Waals surface area contributed by atoms with Crippen LogP contribution in [-0.2, 0) is 14.8 Å². The van der Waals surface area contributed by atoms with Gasteiger partial charge in [0.25, 0.3) is 0 Å². The molecule has 0 aliphatic heterocycles. The van der Waals surface area contributed by atoms with E-state index in [1.54, 1.807) is 7.11 Å². The van der Waals surface area contributed by atoms with Crippen LogP contribution in [0.1, 0.15) is 19.8 Å². The van der Waals surface area contributed by atoms with Crippen molar-refractivity contribution < 1.29 is 13.2 Å². The van der Waals surface area contributed by atoms with E-state index in [9.17, 15) is 8.42 Å². The van der Waals surface area contributed by atoms with Crippen LogP contribution < -0.4 is 4.72 Å². The van der Waals surface area contributed by atoms with Crippen LogP contribution >= 0.6 is 15.9 Å². The highest BCUT2D eigenvalue weighted by atomic mass is 79.9. The minimum atomic E-state index is -3.13. The molecule has 0 saturated heterocycles. The zero-order valence-electron chi connectivity index (χ0n) is 8.62. The lowest BCUT2D eigenvalue weighted by Crippen LogP contribution is -2.34. The van der Waals surface area contributed by atoms with Crippen molar-refractivity contribution in [1.29, 1.82) is 0 Å². The van der Waals surface area contributed by atoms with Gasteiger partial charge in [-0.05, 0) is 19.8 Å². The Hall–Kier alpha value is 0.350. The quantitative estimate of drug-likeness (QED) is 0.538. The molecule has 0 aliphatic carbocycles. The summed E-state index contributed by atoms with van der Waals surface area (Å²) < 4.78 is 30.2. The molecule has 0 bridgehead atoms. The Kier molecular flexibility index (Phi) is 7.81. The third-order valence-electron chi connectivity index (χ3n) is 1.68. The first kappa shape index (κ1) is 14.3. The molecule has 0 aromatic carbocycles. The van der Waals surface area contributed by atoms with E-state index < -0.39 is 10.0 Å². The number of hydrogen-bond donors (Lipinski definition) is 1. The van der Waals surface area contributed by atoms with Gasteiger partial charge in [0.05, 0.1) is 5.75 Å². The van der Waals surface area contributed by atoms with Crippen LogP contribution in [0, 0.1) is 0 Å². The molecule has 0 saturated carbocycles. The van der Waals surface area contributed by atoms with E-state index in [0.717, 1.165) is 11.8 Å². The zero-order chi connectivity index (χ0) is 11.0. The Bertz CT molecular complexity index is 231. The Morgan fingerprint density at radius 2 is 2.14 bits per heavy atom. The molecule has 0 fully saturated rings. The second-order valence-electron chi connectivity index (χ2n) is 3.16. The van der Waals surface area contributed by atoms with Gasteiger partial charge in [-0.2, -0.15) is 0 Å². The predicted molar refractivity (Wildman–Crippen MR) is 61.3 cm³/mol. The molecule has 0 spiro atoms. The van der Waals surface area contributed by atoms with E-state index in [1.165, 1.54) is 0 Å². The van der Waals surface area contributed by atoms with Crippen LogP contribution in [0.3, 0.4) is 0 Å². The highest BCUT2D eigenvalue weighted by Crippen LogP contribution is 1.99. The van der Waals surface area contributed by atoms with Gasteiger partial charge in [-0.3, -0.25) is 0 Å². The average Bonchev–Trinajstić information content (AvgIpc) is 2.03. The smallest absolute Gasteiger partial charge is 0.211 e. The van der Waals surface area contributed by atoms with Crippen LogP contribution in [0.4, 0.5) is 0 Å². The molecule has 0 aromatic heterocycles. The van der Waals surface area contributed by atoms with Crippen molar-refractivity contribution in [2.75, 3.05) is 24.8 Å². The molecule has 0 radical (unpaired) electrons. The number of nitrogens with one attached hydrogen (secondary N) is 1. The van der Waals surface area contributed by atoms with Crippen molar-refractivity contribution >= 4 is 26.0 Å². The molecule has 4 nitrogen and oxygen atoms in total. The lowest BCUT2D eigenvalue weighted by Gasteiger charge is -2.12.